The Kier molecular flexibility index (Phi) is 13.4. The summed E-state index contributed by atoms with van der Waals surface area (Å²) in [6.07, 6.45) is 0. The third-order valence-electron chi connectivity index (χ3n) is 21.3. The molecule has 0 unspecified atom stereocenters. The predicted molar refractivity (Wildman–Crippen MR) is 443 cm³/mol. The van der Waals surface area contributed by atoms with E-state index in [-0.39, 0.29) is 39.3 Å². The van der Waals surface area contributed by atoms with Gasteiger partial charge in [0.15, 0.2) is 8.07 Å². The molecule has 0 N–H and O–H groups in total. The van der Waals surface area contributed by atoms with E-state index in [1.165, 1.54) is 20.7 Å². The van der Waals surface area contributed by atoms with Gasteiger partial charge in [-0.1, -0.05) is 351 Å². The summed E-state index contributed by atoms with van der Waals surface area (Å²) in [5, 5.41) is 5.14. The van der Waals surface area contributed by atoms with E-state index in [4.69, 9.17) is 2.74 Å². The van der Waals surface area contributed by atoms with Crippen molar-refractivity contribution in [1.82, 2.24) is 4.57 Å². The van der Waals surface area contributed by atoms with E-state index >= 15 is 0 Å². The fraction of sp³-hybridized carbons (Fsp3) is 0.0816. The minimum atomic E-state index is -2.94. The van der Waals surface area contributed by atoms with Gasteiger partial charge in [-0.05, 0) is 147 Å². The Morgan fingerprint density at radius 3 is 1.15 bits per heavy atom. The van der Waals surface area contributed by atoms with Crippen LogP contribution in [0.5, 0.6) is 0 Å². The minimum Gasteiger partial charge on any atom is -0.310 e. The number of rotatable bonds is 12. The summed E-state index contributed by atoms with van der Waals surface area (Å²) in [7, 11) is -2.94. The molecule has 3 heterocycles. The first-order valence-electron chi connectivity index (χ1n) is 39.6. The Hall–Kier alpha value is -12.0. The van der Waals surface area contributed by atoms with E-state index in [1.807, 2.05) is 6.07 Å². The maximum atomic E-state index is 9.87. The molecule has 0 radical (unpaired) electrons. The van der Waals surface area contributed by atoms with Crippen LogP contribution < -0.4 is 46.9 Å². The lowest BCUT2D eigenvalue weighted by molar-refractivity contribution is 0.590. The normalized spacial score (nSPS) is 13.8. The van der Waals surface area contributed by atoms with Gasteiger partial charge in [0.25, 0.3) is 6.71 Å². The van der Waals surface area contributed by atoms with Gasteiger partial charge in [0, 0.05) is 61.5 Å². The molecular formula is C98H78BN3Si. The molecule has 0 saturated carbocycles. The molecule has 492 valence electrons. The Morgan fingerprint density at radius 1 is 0.301 bits per heavy atom. The molecule has 0 aliphatic carbocycles. The standard InChI is InChI=1S/C98H78BN3Si/c1-97(2,3)73-62-84(70-37-18-9-19-38-70)96(85(63-73)71-39-20-10-21-40-71)102-91-66-75(100-88-51-30-28-47-82(88)83-48-29-31-52-89(83)100)56-59-86(91)99-87-61-72(67-53-57-79(58-54-67)103(76-41-22-11-23-42-76,77-43-24-12-25-44-77)78-45-26-13-27-46-78)55-60-90(87)101(92-64-74(98(4,5)6)65-93(102)94(92)99)95-80(68-33-14-7-15-34-68)49-32-50-81(95)69-35-16-8-17-36-69/h7-66H,1-6H3/i28D,29D,30D,31D,47D,48D,51D,52D. The number of aromatic nitrogens is 1. The van der Waals surface area contributed by atoms with Crippen molar-refractivity contribution in [3.63, 3.8) is 0 Å². The van der Waals surface area contributed by atoms with Crippen LogP contribution in [0.25, 0.3) is 83.1 Å². The summed E-state index contributed by atoms with van der Waals surface area (Å²) in [6.45, 7) is 13.1. The minimum absolute atomic E-state index is 0.0126. The van der Waals surface area contributed by atoms with Crippen LogP contribution in [0.15, 0.2) is 364 Å². The second-order valence-corrected chi connectivity index (χ2v) is 33.2. The highest BCUT2D eigenvalue weighted by atomic mass is 28.3. The molecule has 0 fully saturated rings. The van der Waals surface area contributed by atoms with E-state index in [2.05, 4.69) is 361 Å². The van der Waals surface area contributed by atoms with E-state index in [0.717, 1.165) is 117 Å². The van der Waals surface area contributed by atoms with Crippen LogP contribution in [0.4, 0.5) is 34.1 Å². The molecule has 5 heteroatoms. The molecule has 16 aromatic rings. The topological polar surface area (TPSA) is 11.4 Å². The van der Waals surface area contributed by atoms with Crippen LogP contribution in [0.1, 0.15) is 63.6 Å². The molecule has 18 rings (SSSR count). The van der Waals surface area contributed by atoms with Gasteiger partial charge in [-0.2, -0.15) is 0 Å². The number of fused-ring (bicyclic) bond motifs is 7. The summed E-state index contributed by atoms with van der Waals surface area (Å²) in [5.41, 5.74) is 20.8. The first kappa shape index (κ1) is 54.8. The van der Waals surface area contributed by atoms with Gasteiger partial charge in [0.05, 0.1) is 33.4 Å². The molecule has 3 nitrogen and oxygen atoms in total. The van der Waals surface area contributed by atoms with Gasteiger partial charge >= 0.3 is 0 Å². The van der Waals surface area contributed by atoms with Crippen molar-refractivity contribution in [2.75, 3.05) is 9.80 Å². The number of anilines is 6. The van der Waals surface area contributed by atoms with Crippen molar-refractivity contribution in [2.45, 2.75) is 52.4 Å². The number of hydrogen-bond acceptors (Lipinski definition) is 2. The van der Waals surface area contributed by atoms with Crippen molar-refractivity contribution < 1.29 is 11.0 Å². The fourth-order valence-electron chi connectivity index (χ4n) is 16.3. The summed E-state index contributed by atoms with van der Waals surface area (Å²) < 4.78 is 77.4. The molecule has 2 aliphatic heterocycles. The van der Waals surface area contributed by atoms with Crippen molar-refractivity contribution in [2.24, 2.45) is 0 Å². The predicted octanol–water partition coefficient (Wildman–Crippen LogP) is 21.2. The maximum absolute atomic E-state index is 9.87. The zero-order valence-electron chi connectivity index (χ0n) is 66.4. The van der Waals surface area contributed by atoms with E-state index < -0.39 is 56.5 Å². The molecular weight excluding hydrogens is 1260 g/mol. The molecule has 0 saturated heterocycles. The molecule has 0 bridgehead atoms. The van der Waals surface area contributed by atoms with Gasteiger partial charge in [-0.25, -0.2) is 0 Å². The summed E-state index contributed by atoms with van der Waals surface area (Å²) in [4.78, 5) is 5.03. The molecule has 0 atom stereocenters. The fourth-order valence-corrected chi connectivity index (χ4v) is 21.1. The first-order chi connectivity index (χ1) is 53.7. The van der Waals surface area contributed by atoms with E-state index in [9.17, 15) is 8.22 Å². The Bertz CT molecular complexity index is 6080. The third-order valence-corrected chi connectivity index (χ3v) is 26.1. The molecule has 1 aromatic heterocycles. The SMILES string of the molecule is [2H]c1c([2H])c([2H])c2c(c1[2H])c1c([2H])c([2H])c([2H])c([2H])c1n2-c1ccc2c(c1)N(c1c(-c3ccccc3)cc(C(C)(C)C)cc1-c1ccccc1)c1cc(C(C)(C)C)cc3c1B2c1cc(-c2ccc([Si](c4ccccc4)(c4ccccc4)c4ccccc4)cc2)ccc1N3c1c(-c2ccccc2)cccc1-c1ccccc1. The lowest BCUT2D eigenvalue weighted by Crippen LogP contribution is -2.74. The first-order valence-corrected chi connectivity index (χ1v) is 37.6. The van der Waals surface area contributed by atoms with Crippen molar-refractivity contribution in [3.05, 3.63) is 375 Å². The zero-order chi connectivity index (χ0) is 76.5. The highest BCUT2D eigenvalue weighted by molar-refractivity contribution is 7.20. The quantitative estimate of drug-likeness (QED) is 0.0892. The largest absolute Gasteiger partial charge is 0.310 e. The molecule has 2 aliphatic rings. The van der Waals surface area contributed by atoms with Gasteiger partial charge in [-0.15, -0.1) is 0 Å². The van der Waals surface area contributed by atoms with Crippen LogP contribution >= 0.6 is 0 Å². The lowest BCUT2D eigenvalue weighted by atomic mass is 9.33. The number of para-hydroxylation sites is 3. The maximum Gasteiger partial charge on any atom is 0.252 e. The van der Waals surface area contributed by atoms with Crippen LogP contribution in [-0.2, 0) is 10.8 Å². The molecule has 103 heavy (non-hydrogen) atoms. The summed E-state index contributed by atoms with van der Waals surface area (Å²) in [5.74, 6) is 0. The lowest BCUT2D eigenvalue weighted by Gasteiger charge is -2.46. The van der Waals surface area contributed by atoms with Crippen LogP contribution in [0, 0.1) is 0 Å². The van der Waals surface area contributed by atoms with Crippen molar-refractivity contribution in [1.29, 1.82) is 0 Å². The van der Waals surface area contributed by atoms with Crippen molar-refractivity contribution >= 4 is 108 Å². The second kappa shape index (κ2) is 25.2. The average molecular weight is 1340 g/mol. The average Bonchev–Trinajstić information content (AvgIpc) is 1.11. The van der Waals surface area contributed by atoms with Crippen LogP contribution in [0.2, 0.25) is 0 Å². The molecule has 15 aromatic carbocycles. The molecule has 0 amide bonds. The smallest absolute Gasteiger partial charge is 0.252 e. The Balaban J connectivity index is 1.000. The number of nitrogens with zero attached hydrogens (tertiary/aromatic N) is 3. The van der Waals surface area contributed by atoms with Crippen LogP contribution in [-0.4, -0.2) is 19.4 Å². The number of hydrogen-bond donors (Lipinski definition) is 0. The summed E-state index contributed by atoms with van der Waals surface area (Å²) in [6, 6.07) is 111. The van der Waals surface area contributed by atoms with Crippen molar-refractivity contribution in [3.8, 4) is 61.3 Å². The van der Waals surface area contributed by atoms with Gasteiger partial charge < -0.3 is 14.4 Å². The third kappa shape index (κ3) is 10.6. The Labute approximate surface area is 618 Å². The monoisotopic (exact) mass is 1340 g/mol. The second-order valence-electron chi connectivity index (χ2n) is 29.3. The van der Waals surface area contributed by atoms with E-state index in [0.29, 0.717) is 5.69 Å². The van der Waals surface area contributed by atoms with Gasteiger partial charge in [0.2, 0.25) is 0 Å². The Morgan fingerprint density at radius 2 is 0.689 bits per heavy atom. The van der Waals surface area contributed by atoms with Gasteiger partial charge in [0.1, 0.15) is 0 Å². The highest BCUT2D eigenvalue weighted by Gasteiger charge is 2.47. The molecule has 0 spiro atoms. The number of benzene rings is 15. The van der Waals surface area contributed by atoms with Crippen LogP contribution in [0.3, 0.4) is 0 Å². The summed E-state index contributed by atoms with van der Waals surface area (Å²) >= 11 is 0. The van der Waals surface area contributed by atoms with Gasteiger partial charge in [-0.3, -0.25) is 0 Å². The zero-order valence-corrected chi connectivity index (χ0v) is 59.4. The highest BCUT2D eigenvalue weighted by Crippen LogP contribution is 2.55. The van der Waals surface area contributed by atoms with E-state index in [1.54, 1.807) is 4.57 Å².